The molecule has 0 aliphatic carbocycles. The van der Waals surface area contributed by atoms with Gasteiger partial charge < -0.3 is 4.74 Å². The molecule has 0 unspecified atom stereocenters. The van der Waals surface area contributed by atoms with Crippen molar-refractivity contribution in [1.29, 1.82) is 0 Å². The second kappa shape index (κ2) is 5.69. The molecule has 0 fully saturated rings. The highest BCUT2D eigenvalue weighted by Gasteiger charge is 2.08. The maximum atomic E-state index is 5.92. The first-order valence-electron chi connectivity index (χ1n) is 4.42. The van der Waals surface area contributed by atoms with E-state index in [4.69, 9.17) is 39.5 Å². The van der Waals surface area contributed by atoms with E-state index in [1.54, 1.807) is 12.1 Å². The van der Waals surface area contributed by atoms with Crippen molar-refractivity contribution in [2.24, 2.45) is 0 Å². The Morgan fingerprint density at radius 3 is 2.21 bits per heavy atom. The van der Waals surface area contributed by atoms with Gasteiger partial charge in [-0.1, -0.05) is 48.1 Å². The molecule has 1 rings (SSSR count). The zero-order valence-electron chi connectivity index (χ0n) is 7.82. The van der Waals surface area contributed by atoms with E-state index in [-0.39, 0.29) is 0 Å². The fraction of sp³-hybridized carbons (Fsp3) is 0.400. The molecule has 0 saturated carbocycles. The Labute approximate surface area is 98.9 Å². The summed E-state index contributed by atoms with van der Waals surface area (Å²) >= 11 is 17.6. The summed E-state index contributed by atoms with van der Waals surface area (Å²) in [5, 5.41) is 1.43. The van der Waals surface area contributed by atoms with E-state index < -0.39 is 0 Å². The van der Waals surface area contributed by atoms with Gasteiger partial charge in [0.2, 0.25) is 0 Å². The van der Waals surface area contributed by atoms with Gasteiger partial charge in [0.25, 0.3) is 0 Å². The maximum absolute atomic E-state index is 5.92. The van der Waals surface area contributed by atoms with Crippen molar-refractivity contribution < 1.29 is 4.74 Å². The van der Waals surface area contributed by atoms with Crippen LogP contribution in [0.2, 0.25) is 15.1 Å². The molecule has 14 heavy (non-hydrogen) atoms. The van der Waals surface area contributed by atoms with E-state index in [2.05, 4.69) is 6.92 Å². The van der Waals surface area contributed by atoms with E-state index in [9.17, 15) is 0 Å². The predicted molar refractivity (Wildman–Crippen MR) is 61.9 cm³/mol. The van der Waals surface area contributed by atoms with E-state index in [1.165, 1.54) is 0 Å². The van der Waals surface area contributed by atoms with Gasteiger partial charge in [-0.25, -0.2) is 0 Å². The highest BCUT2D eigenvalue weighted by Crippen LogP contribution is 2.35. The van der Waals surface area contributed by atoms with Gasteiger partial charge in [-0.3, -0.25) is 0 Å². The van der Waals surface area contributed by atoms with Crippen molar-refractivity contribution in [2.45, 2.75) is 19.8 Å². The molecule has 0 amide bonds. The van der Waals surface area contributed by atoms with Crippen LogP contribution in [0.25, 0.3) is 0 Å². The summed E-state index contributed by atoms with van der Waals surface area (Å²) in [4.78, 5) is 0. The number of ether oxygens (including phenoxy) is 1. The number of hydrogen-bond acceptors (Lipinski definition) is 1. The first kappa shape index (κ1) is 12.0. The molecule has 0 spiro atoms. The number of unbranched alkanes of at least 4 members (excludes halogenated alkanes) is 1. The number of halogens is 3. The molecule has 0 bridgehead atoms. The molecule has 0 radical (unpaired) electrons. The molecule has 0 atom stereocenters. The summed E-state index contributed by atoms with van der Waals surface area (Å²) in [6.45, 7) is 2.71. The topological polar surface area (TPSA) is 9.23 Å². The zero-order valence-corrected chi connectivity index (χ0v) is 10.1. The van der Waals surface area contributed by atoms with Gasteiger partial charge in [-0.2, -0.15) is 0 Å². The quantitative estimate of drug-likeness (QED) is 0.699. The largest absolute Gasteiger partial charge is 0.490 e. The predicted octanol–water partition coefficient (Wildman–Crippen LogP) is 4.83. The second-order valence-electron chi connectivity index (χ2n) is 2.90. The Bertz CT molecular complexity index is 289. The highest BCUT2D eigenvalue weighted by molar-refractivity contribution is 6.40. The molecule has 0 aromatic heterocycles. The third kappa shape index (κ3) is 3.23. The molecule has 0 aliphatic heterocycles. The van der Waals surface area contributed by atoms with Gasteiger partial charge in [0.05, 0.1) is 16.7 Å². The van der Waals surface area contributed by atoms with Crippen molar-refractivity contribution in [2.75, 3.05) is 6.61 Å². The lowest BCUT2D eigenvalue weighted by Crippen LogP contribution is -1.97. The van der Waals surface area contributed by atoms with Crippen LogP contribution in [0.15, 0.2) is 12.1 Å². The van der Waals surface area contributed by atoms with E-state index in [1.807, 2.05) is 0 Å². The molecule has 0 aliphatic rings. The summed E-state index contributed by atoms with van der Waals surface area (Å²) < 4.78 is 5.44. The van der Waals surface area contributed by atoms with E-state index >= 15 is 0 Å². The Hall–Kier alpha value is -0.110. The number of hydrogen-bond donors (Lipinski definition) is 0. The Balaban J connectivity index is 2.75. The fourth-order valence-corrected chi connectivity index (χ4v) is 1.91. The lowest BCUT2D eigenvalue weighted by Gasteiger charge is -2.09. The van der Waals surface area contributed by atoms with Gasteiger partial charge in [0, 0.05) is 5.02 Å². The normalized spacial score (nSPS) is 10.3. The molecule has 78 valence electrons. The van der Waals surface area contributed by atoms with E-state index in [0.717, 1.165) is 12.8 Å². The van der Waals surface area contributed by atoms with Crippen LogP contribution in [0.5, 0.6) is 5.75 Å². The molecule has 1 aromatic carbocycles. The Kier molecular flexibility index (Phi) is 4.86. The standard InChI is InChI=1S/C10H11Cl3O/c1-2-3-4-14-10-8(12)5-7(11)6-9(10)13/h5-6H,2-4H2,1H3. The average molecular weight is 254 g/mol. The van der Waals surface area contributed by atoms with Crippen LogP contribution in [0.3, 0.4) is 0 Å². The van der Waals surface area contributed by atoms with Crippen LogP contribution >= 0.6 is 34.8 Å². The number of benzene rings is 1. The van der Waals surface area contributed by atoms with Gasteiger partial charge in [-0.05, 0) is 18.6 Å². The van der Waals surface area contributed by atoms with Gasteiger partial charge in [0.15, 0.2) is 5.75 Å². The minimum Gasteiger partial charge on any atom is -0.490 e. The molecule has 0 saturated heterocycles. The van der Waals surface area contributed by atoms with Crippen LogP contribution in [-0.2, 0) is 0 Å². The molecule has 0 N–H and O–H groups in total. The fourth-order valence-electron chi connectivity index (χ4n) is 0.985. The van der Waals surface area contributed by atoms with Gasteiger partial charge in [-0.15, -0.1) is 0 Å². The van der Waals surface area contributed by atoms with Crippen molar-refractivity contribution in [1.82, 2.24) is 0 Å². The molecule has 0 heterocycles. The Morgan fingerprint density at radius 2 is 1.71 bits per heavy atom. The summed E-state index contributed by atoms with van der Waals surface area (Å²) in [6.07, 6.45) is 2.05. The summed E-state index contributed by atoms with van der Waals surface area (Å²) in [6, 6.07) is 3.24. The zero-order chi connectivity index (χ0) is 10.6. The molecule has 1 aromatic rings. The molecular formula is C10H11Cl3O. The van der Waals surface area contributed by atoms with Crippen LogP contribution < -0.4 is 4.74 Å². The van der Waals surface area contributed by atoms with Crippen LogP contribution in [0, 0.1) is 0 Å². The maximum Gasteiger partial charge on any atom is 0.156 e. The third-order valence-electron chi connectivity index (χ3n) is 1.71. The van der Waals surface area contributed by atoms with Crippen LogP contribution in [-0.4, -0.2) is 6.61 Å². The van der Waals surface area contributed by atoms with Crippen molar-refractivity contribution in [3.8, 4) is 5.75 Å². The van der Waals surface area contributed by atoms with Gasteiger partial charge in [0.1, 0.15) is 0 Å². The van der Waals surface area contributed by atoms with Crippen molar-refractivity contribution >= 4 is 34.8 Å². The second-order valence-corrected chi connectivity index (χ2v) is 4.15. The average Bonchev–Trinajstić information content (AvgIpc) is 2.09. The monoisotopic (exact) mass is 252 g/mol. The molecular weight excluding hydrogens is 242 g/mol. The smallest absolute Gasteiger partial charge is 0.156 e. The van der Waals surface area contributed by atoms with Crippen LogP contribution in [0.1, 0.15) is 19.8 Å². The van der Waals surface area contributed by atoms with Crippen molar-refractivity contribution in [3.05, 3.63) is 27.2 Å². The minimum atomic E-state index is 0.457. The van der Waals surface area contributed by atoms with Gasteiger partial charge >= 0.3 is 0 Å². The summed E-state index contributed by atoms with van der Waals surface area (Å²) in [5.74, 6) is 0.520. The SMILES string of the molecule is CCCCOc1c(Cl)cc(Cl)cc1Cl. The highest BCUT2D eigenvalue weighted by atomic mass is 35.5. The van der Waals surface area contributed by atoms with Crippen LogP contribution in [0.4, 0.5) is 0 Å². The minimum absolute atomic E-state index is 0.457. The lowest BCUT2D eigenvalue weighted by molar-refractivity contribution is 0.310. The summed E-state index contributed by atoms with van der Waals surface area (Å²) in [7, 11) is 0. The first-order chi connectivity index (χ1) is 6.65. The molecule has 4 heteroatoms. The first-order valence-corrected chi connectivity index (χ1v) is 5.56. The molecule has 1 nitrogen and oxygen atoms in total. The Morgan fingerprint density at radius 1 is 1.14 bits per heavy atom. The lowest BCUT2D eigenvalue weighted by atomic mass is 10.3. The third-order valence-corrected chi connectivity index (χ3v) is 2.49. The van der Waals surface area contributed by atoms with E-state index in [0.29, 0.717) is 27.4 Å². The number of rotatable bonds is 4. The van der Waals surface area contributed by atoms with Crippen molar-refractivity contribution in [3.63, 3.8) is 0 Å². The summed E-state index contributed by atoms with van der Waals surface area (Å²) in [5.41, 5.74) is 0.